The fraction of sp³-hybridized carbons (Fsp3) is 0. The summed E-state index contributed by atoms with van der Waals surface area (Å²) in [4.78, 5) is 0. The van der Waals surface area contributed by atoms with Gasteiger partial charge < -0.3 is 54.8 Å². The third kappa shape index (κ3) is 9.37. The van der Waals surface area contributed by atoms with Crippen LogP contribution in [0.1, 0.15) is 0 Å². The van der Waals surface area contributed by atoms with Gasteiger partial charge in [0.2, 0.25) is 0 Å². The Hall–Kier alpha value is 1.82. The Bertz CT molecular complexity index is 132. The van der Waals surface area contributed by atoms with Crippen molar-refractivity contribution in [1.82, 2.24) is 0 Å². The van der Waals surface area contributed by atoms with Gasteiger partial charge in [0, 0.05) is 0 Å². The van der Waals surface area contributed by atoms with Crippen LogP contribution < -0.4 is 69.2 Å². The molecular weight excluding hydrogens is 265 g/mol. The van der Waals surface area contributed by atoms with E-state index in [1.54, 1.807) is 0 Å². The summed E-state index contributed by atoms with van der Waals surface area (Å²) in [7, 11) is -5.17. The average Bonchev–Trinajstić information content (AvgIpc) is 1.81. The normalized spacial score (nSPS) is 15.2. The molecule has 0 unspecified atom stereocenters. The van der Waals surface area contributed by atoms with Crippen molar-refractivity contribution < 1.29 is 114 Å². The van der Waals surface area contributed by atoms with Crippen molar-refractivity contribution in [3.63, 3.8) is 0 Å². The van der Waals surface area contributed by atoms with Crippen molar-refractivity contribution in [3.8, 4) is 0 Å². The zero-order valence-electron chi connectivity index (χ0n) is 9.17. The summed E-state index contributed by atoms with van der Waals surface area (Å²) in [6.45, 7) is 0. The van der Waals surface area contributed by atoms with Crippen LogP contribution in [0.4, 0.5) is 0 Å². The van der Waals surface area contributed by atoms with E-state index in [0.717, 1.165) is 0 Å². The molecule has 0 aromatic rings. The molecule has 0 aliphatic carbocycles. The SMILES string of the molecule is O.O.O.O.[Na+].[Na+].[O-]B1OB(OB2OB([O-])O2)O1. The van der Waals surface area contributed by atoms with Gasteiger partial charge in [-0.25, -0.2) is 0 Å². The molecule has 0 aromatic heterocycles. The van der Waals surface area contributed by atoms with Crippen molar-refractivity contribution >= 4 is 29.3 Å². The van der Waals surface area contributed by atoms with Crippen LogP contribution in [-0.4, -0.2) is 51.2 Å². The van der Waals surface area contributed by atoms with Gasteiger partial charge in [0.05, 0.1) is 0 Å². The van der Waals surface area contributed by atoms with E-state index in [2.05, 4.69) is 22.9 Å². The Morgan fingerprint density at radius 3 is 1.06 bits per heavy atom. The van der Waals surface area contributed by atoms with E-state index in [1.807, 2.05) is 0 Å². The molecule has 0 saturated carbocycles. The molecule has 0 spiro atoms. The fourth-order valence-corrected chi connectivity index (χ4v) is 0.602. The number of rotatable bonds is 2. The van der Waals surface area contributed by atoms with Crippen molar-refractivity contribution in [2.24, 2.45) is 0 Å². The molecule has 88 valence electrons. The maximum absolute atomic E-state index is 10.1. The van der Waals surface area contributed by atoms with Crippen LogP contribution in [0.15, 0.2) is 0 Å². The summed E-state index contributed by atoms with van der Waals surface area (Å²) in [6.07, 6.45) is 0. The standard InChI is InChI=1S/B4O7.2Na.4H2O/c5-1-7-3(8-1)11-4-9-2(6)10-4;;;;;;/h;;;4*1H2/q-2;2*+1;;;;. The summed E-state index contributed by atoms with van der Waals surface area (Å²) in [5, 5.41) is 20.2. The summed E-state index contributed by atoms with van der Waals surface area (Å²) in [5.41, 5.74) is 0. The second-order valence-corrected chi connectivity index (χ2v) is 1.84. The van der Waals surface area contributed by atoms with E-state index in [4.69, 9.17) is 0 Å². The van der Waals surface area contributed by atoms with Crippen LogP contribution in [0.5, 0.6) is 0 Å². The second-order valence-electron chi connectivity index (χ2n) is 1.84. The van der Waals surface area contributed by atoms with Crippen molar-refractivity contribution in [2.45, 2.75) is 0 Å². The van der Waals surface area contributed by atoms with Crippen LogP contribution in [0.25, 0.3) is 0 Å². The van der Waals surface area contributed by atoms with Crippen LogP contribution in [-0.2, 0) is 22.9 Å². The van der Waals surface area contributed by atoms with Crippen LogP contribution in [0.3, 0.4) is 0 Å². The minimum atomic E-state index is -1.51. The first kappa shape index (κ1) is 31.3. The van der Waals surface area contributed by atoms with Gasteiger partial charge in [-0.1, -0.05) is 0 Å². The van der Waals surface area contributed by atoms with Crippen LogP contribution in [0.2, 0.25) is 0 Å². The van der Waals surface area contributed by atoms with Crippen LogP contribution >= 0.6 is 0 Å². The minimum absolute atomic E-state index is 0. The molecule has 0 bridgehead atoms. The number of hydrogen-bond donors (Lipinski definition) is 0. The van der Waals surface area contributed by atoms with Gasteiger partial charge >= 0.3 is 88.4 Å². The molecule has 0 amide bonds. The molecular formula is H8B4Na2O11. The molecule has 2 fully saturated rings. The van der Waals surface area contributed by atoms with Gasteiger partial charge in [-0.3, -0.25) is 0 Å². The molecule has 2 heterocycles. The second kappa shape index (κ2) is 14.2. The first-order valence-corrected chi connectivity index (χ1v) is 2.83. The Labute approximate surface area is 142 Å². The molecule has 2 saturated heterocycles. The predicted molar refractivity (Wildman–Crippen MR) is 42.9 cm³/mol. The monoisotopic (exact) mass is 274 g/mol. The molecule has 2 rings (SSSR count). The van der Waals surface area contributed by atoms with Gasteiger partial charge in [0.15, 0.2) is 0 Å². The molecule has 0 atom stereocenters. The topological polar surface area (TPSA) is 218 Å². The quantitative estimate of drug-likeness (QED) is 0.441. The zero-order valence-corrected chi connectivity index (χ0v) is 13.2. The molecule has 2 aliphatic rings. The molecule has 2 aliphatic heterocycles. The molecule has 0 aromatic carbocycles. The Kier molecular flexibility index (Phi) is 26.2. The Balaban J connectivity index is -0.0000000800. The molecule has 11 nitrogen and oxygen atoms in total. The van der Waals surface area contributed by atoms with E-state index in [1.165, 1.54) is 0 Å². The van der Waals surface area contributed by atoms with Gasteiger partial charge in [-0.15, -0.1) is 0 Å². The summed E-state index contributed by atoms with van der Waals surface area (Å²) in [6, 6.07) is 0. The van der Waals surface area contributed by atoms with E-state index < -0.39 is 29.3 Å². The summed E-state index contributed by atoms with van der Waals surface area (Å²) < 4.78 is 21.8. The summed E-state index contributed by atoms with van der Waals surface area (Å²) >= 11 is 0. The predicted octanol–water partition coefficient (Wildman–Crippen LogP) is -13.5. The Morgan fingerprint density at radius 2 is 0.882 bits per heavy atom. The fourth-order valence-electron chi connectivity index (χ4n) is 0.602. The maximum atomic E-state index is 10.1. The van der Waals surface area contributed by atoms with Gasteiger partial charge in [0.25, 0.3) is 0 Å². The first-order chi connectivity index (χ1) is 5.24. The van der Waals surface area contributed by atoms with Crippen molar-refractivity contribution in [1.29, 1.82) is 0 Å². The third-order valence-corrected chi connectivity index (χ3v) is 1.11. The van der Waals surface area contributed by atoms with E-state index in [0.29, 0.717) is 0 Å². The van der Waals surface area contributed by atoms with Crippen molar-refractivity contribution in [2.75, 3.05) is 0 Å². The van der Waals surface area contributed by atoms with E-state index in [9.17, 15) is 10.0 Å². The van der Waals surface area contributed by atoms with Crippen LogP contribution in [0, 0.1) is 0 Å². The molecule has 17 heavy (non-hydrogen) atoms. The molecule has 0 radical (unpaired) electrons. The maximum Gasteiger partial charge on any atom is 1.00 e. The average molecular weight is 273 g/mol. The zero-order chi connectivity index (χ0) is 7.84. The minimum Gasteiger partial charge on any atom is -0.833 e. The third-order valence-electron chi connectivity index (χ3n) is 1.11. The Morgan fingerprint density at radius 1 is 0.647 bits per heavy atom. The van der Waals surface area contributed by atoms with E-state index >= 15 is 0 Å². The van der Waals surface area contributed by atoms with Gasteiger partial charge in [-0.2, -0.15) is 0 Å². The first-order valence-electron chi connectivity index (χ1n) is 2.83. The largest absolute Gasteiger partial charge is 1.00 e. The van der Waals surface area contributed by atoms with Gasteiger partial charge in [-0.05, 0) is 0 Å². The van der Waals surface area contributed by atoms with E-state index in [-0.39, 0.29) is 81.0 Å². The van der Waals surface area contributed by atoms with Gasteiger partial charge in [0.1, 0.15) is 0 Å². The summed E-state index contributed by atoms with van der Waals surface area (Å²) in [5.74, 6) is 0. The van der Waals surface area contributed by atoms with Crippen molar-refractivity contribution in [3.05, 3.63) is 0 Å². The molecule has 17 heteroatoms. The molecule has 8 N–H and O–H groups in total. The smallest absolute Gasteiger partial charge is 0.833 e. The number of hydrogen-bond acceptors (Lipinski definition) is 7.